The summed E-state index contributed by atoms with van der Waals surface area (Å²) in [5.74, 6) is 0.761. The fourth-order valence-corrected chi connectivity index (χ4v) is 3.43. The lowest BCUT2D eigenvalue weighted by atomic mass is 10.2. The quantitative estimate of drug-likeness (QED) is 0.841. The smallest absolute Gasteiger partial charge is 0.225 e. The highest BCUT2D eigenvalue weighted by Gasteiger charge is 2.20. The zero-order valence-corrected chi connectivity index (χ0v) is 14.8. The molecule has 0 N–H and O–H groups in total. The summed E-state index contributed by atoms with van der Waals surface area (Å²) in [7, 11) is -3.18. The van der Waals surface area contributed by atoms with Crippen LogP contribution in [0.1, 0.15) is 12.5 Å². The first-order valence-electron chi connectivity index (χ1n) is 8.08. The van der Waals surface area contributed by atoms with Gasteiger partial charge < -0.3 is 9.80 Å². The van der Waals surface area contributed by atoms with E-state index in [1.807, 2.05) is 18.5 Å². The first kappa shape index (κ1) is 16.7. The second-order valence-electron chi connectivity index (χ2n) is 5.99. The number of anilines is 2. The number of benzene rings is 1. The second-order valence-corrected chi connectivity index (χ2v) is 8.00. The van der Waals surface area contributed by atoms with Gasteiger partial charge in [-0.15, -0.1) is 0 Å². The number of aryl methyl sites for hydroxylation is 1. The van der Waals surface area contributed by atoms with Crippen LogP contribution in [0.4, 0.5) is 11.6 Å². The maximum absolute atomic E-state index is 11.7. The van der Waals surface area contributed by atoms with Gasteiger partial charge in [-0.3, -0.25) is 0 Å². The summed E-state index contributed by atoms with van der Waals surface area (Å²) in [5, 5.41) is 0. The third kappa shape index (κ3) is 3.67. The van der Waals surface area contributed by atoms with Crippen molar-refractivity contribution in [3.63, 3.8) is 0 Å². The third-order valence-electron chi connectivity index (χ3n) is 4.27. The Hall–Kier alpha value is -2.15. The monoisotopic (exact) mass is 346 g/mol. The van der Waals surface area contributed by atoms with Crippen molar-refractivity contribution >= 4 is 21.5 Å². The molecule has 6 nitrogen and oxygen atoms in total. The Kier molecular flexibility index (Phi) is 4.71. The number of hydrogen-bond acceptors (Lipinski definition) is 6. The molecule has 1 aromatic carbocycles. The van der Waals surface area contributed by atoms with E-state index in [2.05, 4.69) is 26.7 Å². The van der Waals surface area contributed by atoms with Crippen LogP contribution in [-0.2, 0) is 16.3 Å². The Balaban J connectivity index is 1.68. The molecule has 0 spiro atoms. The van der Waals surface area contributed by atoms with Gasteiger partial charge >= 0.3 is 0 Å². The lowest BCUT2D eigenvalue weighted by molar-refractivity contribution is 0.601. The third-order valence-corrected chi connectivity index (χ3v) is 5.38. The maximum atomic E-state index is 11.7. The van der Waals surface area contributed by atoms with E-state index in [9.17, 15) is 8.42 Å². The Morgan fingerprint density at radius 3 is 2.25 bits per heavy atom. The number of hydrogen-bond donors (Lipinski definition) is 0. The Bertz CT molecular complexity index is 798. The van der Waals surface area contributed by atoms with E-state index in [1.165, 1.54) is 6.26 Å². The highest BCUT2D eigenvalue weighted by molar-refractivity contribution is 7.90. The van der Waals surface area contributed by atoms with Crippen LogP contribution in [0.15, 0.2) is 41.6 Å². The molecule has 1 fully saturated rings. The number of rotatable bonds is 4. The molecule has 24 heavy (non-hydrogen) atoms. The first-order valence-corrected chi connectivity index (χ1v) is 9.97. The number of nitrogens with zero attached hydrogens (tertiary/aromatic N) is 4. The van der Waals surface area contributed by atoms with E-state index in [4.69, 9.17) is 0 Å². The van der Waals surface area contributed by atoms with Crippen molar-refractivity contribution in [1.29, 1.82) is 0 Å². The van der Waals surface area contributed by atoms with E-state index in [0.717, 1.165) is 49.8 Å². The van der Waals surface area contributed by atoms with Gasteiger partial charge in [0.05, 0.1) is 4.90 Å². The highest BCUT2D eigenvalue weighted by atomic mass is 32.2. The maximum Gasteiger partial charge on any atom is 0.225 e. The van der Waals surface area contributed by atoms with Gasteiger partial charge in [-0.1, -0.05) is 13.0 Å². The summed E-state index contributed by atoms with van der Waals surface area (Å²) < 4.78 is 23.4. The fraction of sp³-hybridized carbons (Fsp3) is 0.412. The molecule has 0 atom stereocenters. The minimum atomic E-state index is -3.18. The number of sulfone groups is 1. The van der Waals surface area contributed by atoms with E-state index in [-0.39, 0.29) is 0 Å². The molecule has 0 amide bonds. The second kappa shape index (κ2) is 6.76. The van der Waals surface area contributed by atoms with Gasteiger partial charge in [0.2, 0.25) is 5.95 Å². The van der Waals surface area contributed by atoms with Crippen LogP contribution in [0, 0.1) is 0 Å². The summed E-state index contributed by atoms with van der Waals surface area (Å²) in [6, 6.07) is 7.14. The Labute approximate surface area is 143 Å². The van der Waals surface area contributed by atoms with E-state index >= 15 is 0 Å². The van der Waals surface area contributed by atoms with Gasteiger partial charge in [-0.25, -0.2) is 18.4 Å². The average molecular weight is 346 g/mol. The van der Waals surface area contributed by atoms with Crippen molar-refractivity contribution in [2.45, 2.75) is 18.2 Å². The van der Waals surface area contributed by atoms with Gasteiger partial charge in [0.15, 0.2) is 9.84 Å². The summed E-state index contributed by atoms with van der Waals surface area (Å²) in [6.07, 6.45) is 5.93. The largest absolute Gasteiger partial charge is 0.368 e. The summed E-state index contributed by atoms with van der Waals surface area (Å²) in [6.45, 7) is 5.34. The van der Waals surface area contributed by atoms with Crippen LogP contribution in [-0.4, -0.2) is 50.8 Å². The Morgan fingerprint density at radius 1 is 1.04 bits per heavy atom. The summed E-state index contributed by atoms with van der Waals surface area (Å²) in [5.41, 5.74) is 2.08. The zero-order valence-electron chi connectivity index (χ0n) is 14.0. The molecule has 1 saturated heterocycles. The lowest BCUT2D eigenvalue weighted by Gasteiger charge is -2.36. The molecule has 1 aliphatic rings. The molecule has 2 heterocycles. The molecule has 0 unspecified atom stereocenters. The molecule has 1 aliphatic heterocycles. The van der Waals surface area contributed by atoms with Gasteiger partial charge in [0.25, 0.3) is 0 Å². The molecule has 0 bridgehead atoms. The van der Waals surface area contributed by atoms with Gasteiger partial charge in [0.1, 0.15) is 0 Å². The molecular formula is C17H22N4O2S. The predicted molar refractivity (Wildman–Crippen MR) is 95.4 cm³/mol. The van der Waals surface area contributed by atoms with Gasteiger partial charge in [-0.05, 0) is 30.2 Å². The molecular weight excluding hydrogens is 324 g/mol. The van der Waals surface area contributed by atoms with Crippen LogP contribution in [0.2, 0.25) is 0 Å². The normalized spacial score (nSPS) is 15.6. The fourth-order valence-electron chi connectivity index (χ4n) is 2.77. The first-order chi connectivity index (χ1) is 11.5. The van der Waals surface area contributed by atoms with Crippen LogP contribution in [0.5, 0.6) is 0 Å². The van der Waals surface area contributed by atoms with Crippen molar-refractivity contribution in [3.05, 3.63) is 42.2 Å². The van der Waals surface area contributed by atoms with Crippen molar-refractivity contribution in [2.75, 3.05) is 42.2 Å². The van der Waals surface area contributed by atoms with Crippen molar-refractivity contribution < 1.29 is 8.42 Å². The molecule has 7 heteroatoms. The van der Waals surface area contributed by atoms with Crippen LogP contribution >= 0.6 is 0 Å². The van der Waals surface area contributed by atoms with Crippen molar-refractivity contribution in [1.82, 2.24) is 9.97 Å². The van der Waals surface area contributed by atoms with Gasteiger partial charge in [0, 0.05) is 50.5 Å². The summed E-state index contributed by atoms with van der Waals surface area (Å²) in [4.78, 5) is 13.6. The molecule has 128 valence electrons. The molecule has 0 radical (unpaired) electrons. The SMILES string of the molecule is CCc1cnc(N2CCN(c3cccc(S(C)(=O)=O)c3)CC2)nc1. The molecule has 1 aromatic heterocycles. The Morgan fingerprint density at radius 2 is 1.67 bits per heavy atom. The van der Waals surface area contributed by atoms with Crippen molar-refractivity contribution in [2.24, 2.45) is 0 Å². The molecule has 0 saturated carbocycles. The predicted octanol–water partition coefficient (Wildman–Crippen LogP) is 1.77. The minimum Gasteiger partial charge on any atom is -0.368 e. The van der Waals surface area contributed by atoms with E-state index in [1.54, 1.807) is 18.2 Å². The number of piperazine rings is 1. The van der Waals surface area contributed by atoms with Crippen LogP contribution < -0.4 is 9.80 Å². The van der Waals surface area contributed by atoms with Crippen LogP contribution in [0.25, 0.3) is 0 Å². The topological polar surface area (TPSA) is 66.4 Å². The van der Waals surface area contributed by atoms with Gasteiger partial charge in [-0.2, -0.15) is 0 Å². The van der Waals surface area contributed by atoms with E-state index in [0.29, 0.717) is 4.90 Å². The molecule has 2 aromatic rings. The highest BCUT2D eigenvalue weighted by Crippen LogP contribution is 2.21. The zero-order chi connectivity index (χ0) is 17.2. The molecule has 0 aliphatic carbocycles. The average Bonchev–Trinajstić information content (AvgIpc) is 2.61. The lowest BCUT2D eigenvalue weighted by Crippen LogP contribution is -2.47. The number of aromatic nitrogens is 2. The minimum absolute atomic E-state index is 0.362. The standard InChI is InChI=1S/C17H22N4O2S/c1-3-14-12-18-17(19-13-14)21-9-7-20(8-10-21)15-5-4-6-16(11-15)24(2,22)23/h4-6,11-13H,3,7-10H2,1-2H3. The van der Waals surface area contributed by atoms with E-state index < -0.39 is 9.84 Å². The van der Waals surface area contributed by atoms with Crippen molar-refractivity contribution in [3.8, 4) is 0 Å². The molecule has 3 rings (SSSR count). The van der Waals surface area contributed by atoms with Crippen LogP contribution in [0.3, 0.4) is 0 Å². The summed E-state index contributed by atoms with van der Waals surface area (Å²) >= 11 is 0.